The number of carboxylic acids is 1. The van der Waals surface area contributed by atoms with Crippen LogP contribution in [0.25, 0.3) is 0 Å². The highest BCUT2D eigenvalue weighted by Gasteiger charge is 2.54. The van der Waals surface area contributed by atoms with Gasteiger partial charge in [0.2, 0.25) is 11.1 Å². The number of carbonyl (C=O) groups excluding carboxylic acids is 3. The zero-order valence-corrected chi connectivity index (χ0v) is 20.0. The Bertz CT molecular complexity index is 1130. The molecule has 0 aliphatic carbocycles. The Kier molecular flexibility index (Phi) is 7.38. The summed E-state index contributed by atoms with van der Waals surface area (Å²) in [6, 6.07) is 2.27. The zero-order valence-electron chi connectivity index (χ0n) is 17.5. The molecule has 16 heteroatoms. The number of carboxylic acid groups (broad SMARTS) is 1. The number of tetrazole rings is 1. The smallest absolute Gasteiger partial charge is 0.352 e. The molecular formula is C18H20N8O5S3. The number of nitrogens with two attached hydrogens (primary N) is 1. The van der Waals surface area contributed by atoms with Crippen LogP contribution in [0.2, 0.25) is 0 Å². The minimum absolute atomic E-state index is 0.0700. The monoisotopic (exact) mass is 524 g/mol. The third kappa shape index (κ3) is 5.18. The molecule has 0 saturated carbocycles. The second-order valence-corrected chi connectivity index (χ2v) is 10.3. The largest absolute Gasteiger partial charge is 0.477 e. The molecule has 1 fully saturated rings. The lowest BCUT2D eigenvalue weighted by molar-refractivity contribution is -0.150. The van der Waals surface area contributed by atoms with E-state index in [1.165, 1.54) is 44.4 Å². The number of carbonyl (C=O) groups is 4. The van der Waals surface area contributed by atoms with E-state index >= 15 is 0 Å². The average molecular weight is 525 g/mol. The number of hydrogen-bond donors (Lipinski definition) is 4. The maximum atomic E-state index is 12.8. The van der Waals surface area contributed by atoms with Gasteiger partial charge in [-0.25, -0.2) is 14.3 Å². The fourth-order valence-corrected chi connectivity index (χ4v) is 6.56. The van der Waals surface area contributed by atoms with E-state index in [4.69, 9.17) is 5.73 Å². The fourth-order valence-electron chi connectivity index (χ4n) is 3.47. The first-order chi connectivity index (χ1) is 16.3. The Labute approximate surface area is 205 Å². The minimum Gasteiger partial charge on any atom is -0.477 e. The van der Waals surface area contributed by atoms with E-state index in [0.29, 0.717) is 16.5 Å². The van der Waals surface area contributed by atoms with Crippen molar-refractivity contribution in [1.29, 1.82) is 0 Å². The first-order valence-electron chi connectivity index (χ1n) is 9.99. The van der Waals surface area contributed by atoms with Crippen LogP contribution in [0.15, 0.2) is 33.9 Å². The molecule has 13 nitrogen and oxygen atoms in total. The molecule has 4 heterocycles. The number of urea groups is 1. The summed E-state index contributed by atoms with van der Waals surface area (Å²) in [4.78, 5) is 50.1. The molecule has 2 aromatic heterocycles. The lowest BCUT2D eigenvalue weighted by Gasteiger charge is -2.49. The summed E-state index contributed by atoms with van der Waals surface area (Å²) >= 11 is 4.08. The fraction of sp³-hybridized carbons (Fsp3) is 0.389. The van der Waals surface area contributed by atoms with Gasteiger partial charge in [0.15, 0.2) is 0 Å². The van der Waals surface area contributed by atoms with Crippen molar-refractivity contribution in [2.45, 2.75) is 29.5 Å². The Hall–Kier alpha value is -3.11. The van der Waals surface area contributed by atoms with Crippen LogP contribution in [0.1, 0.15) is 4.88 Å². The molecule has 0 radical (unpaired) electrons. The van der Waals surface area contributed by atoms with Crippen molar-refractivity contribution >= 4 is 58.7 Å². The summed E-state index contributed by atoms with van der Waals surface area (Å²) in [6.45, 7) is 0.522. The van der Waals surface area contributed by atoms with Crippen molar-refractivity contribution in [3.63, 3.8) is 0 Å². The minimum atomic E-state index is -1.21. The van der Waals surface area contributed by atoms with Gasteiger partial charge in [-0.05, 0) is 27.4 Å². The second kappa shape index (κ2) is 10.4. The molecule has 2 aromatic rings. The van der Waals surface area contributed by atoms with Gasteiger partial charge in [-0.3, -0.25) is 14.5 Å². The predicted octanol–water partition coefficient (Wildman–Crippen LogP) is -0.524. The lowest BCUT2D eigenvalue weighted by atomic mass is 10.0. The maximum absolute atomic E-state index is 12.8. The van der Waals surface area contributed by atoms with Crippen LogP contribution in [0.3, 0.4) is 0 Å². The van der Waals surface area contributed by atoms with Gasteiger partial charge in [0.1, 0.15) is 17.1 Å². The number of aromatic nitrogens is 4. The highest BCUT2D eigenvalue weighted by atomic mass is 32.2. The number of thiophene rings is 1. The number of hydrogen-bond acceptors (Lipinski definition) is 10. The molecule has 4 amide bonds. The highest BCUT2D eigenvalue weighted by Crippen LogP contribution is 2.41. The number of nitrogens with zero attached hydrogens (tertiary/aromatic N) is 5. The topological polar surface area (TPSA) is 185 Å². The molecule has 0 aromatic carbocycles. The molecule has 2 atom stereocenters. The van der Waals surface area contributed by atoms with Crippen LogP contribution in [0, 0.1) is 0 Å². The number of β-lactam (4-membered cyclic amide) rings is 1. The standard InChI is InChI=1S/C18H20N8O5S3/c19-17(31)20-3-4-25-18(22-23-24-25)34-8-9-7-33-15-12(14(28)26(15)13(9)16(29)30)21-11(27)6-10-2-1-5-32-10/h1-2,5,12,15H,3-4,6-8H2,(H,21,27)(H,29,30)(H3,19,20,31)/t12?,15-/m1/s1. The summed E-state index contributed by atoms with van der Waals surface area (Å²) in [7, 11) is 0. The van der Waals surface area contributed by atoms with E-state index in [1.807, 2.05) is 17.5 Å². The average Bonchev–Trinajstić information content (AvgIpc) is 3.47. The summed E-state index contributed by atoms with van der Waals surface area (Å²) in [6.07, 6.45) is 0.173. The lowest BCUT2D eigenvalue weighted by Crippen LogP contribution is -2.70. The van der Waals surface area contributed by atoms with Crippen molar-refractivity contribution in [3.8, 4) is 0 Å². The van der Waals surface area contributed by atoms with Gasteiger partial charge in [-0.1, -0.05) is 17.8 Å². The molecule has 5 N–H and O–H groups in total. The normalized spacial score (nSPS) is 19.4. The molecule has 1 saturated heterocycles. The molecule has 1 unspecified atom stereocenters. The van der Waals surface area contributed by atoms with Crippen LogP contribution in [-0.4, -0.2) is 83.5 Å². The van der Waals surface area contributed by atoms with E-state index < -0.39 is 29.3 Å². The van der Waals surface area contributed by atoms with Gasteiger partial charge in [0.05, 0.1) is 13.0 Å². The van der Waals surface area contributed by atoms with Gasteiger partial charge in [-0.2, -0.15) is 0 Å². The van der Waals surface area contributed by atoms with Crippen molar-refractivity contribution in [3.05, 3.63) is 33.7 Å². The van der Waals surface area contributed by atoms with Gasteiger partial charge in [0.25, 0.3) is 5.91 Å². The van der Waals surface area contributed by atoms with E-state index in [9.17, 15) is 24.3 Å². The van der Waals surface area contributed by atoms with Crippen LogP contribution in [0.4, 0.5) is 4.79 Å². The van der Waals surface area contributed by atoms with Gasteiger partial charge < -0.3 is 21.5 Å². The Balaban J connectivity index is 1.39. The maximum Gasteiger partial charge on any atom is 0.352 e. The molecular weight excluding hydrogens is 504 g/mol. The SMILES string of the molecule is NC(=O)NCCn1nnnc1SCC1=C(C(=O)O)N2C(=O)C(NC(=O)Cc3cccs3)[C@H]2SC1. The number of aliphatic carboxylic acids is 1. The molecule has 180 valence electrons. The van der Waals surface area contributed by atoms with E-state index in [-0.39, 0.29) is 36.9 Å². The molecule has 34 heavy (non-hydrogen) atoms. The van der Waals surface area contributed by atoms with Crippen LogP contribution in [0.5, 0.6) is 0 Å². The Morgan fingerprint density at radius 3 is 2.88 bits per heavy atom. The van der Waals surface area contributed by atoms with E-state index in [0.717, 1.165) is 4.88 Å². The molecule has 2 aliphatic heterocycles. The summed E-state index contributed by atoms with van der Waals surface area (Å²) in [5, 5.41) is 28.2. The van der Waals surface area contributed by atoms with Crippen LogP contribution >= 0.6 is 34.9 Å². The number of nitrogens with one attached hydrogen (secondary N) is 2. The van der Waals surface area contributed by atoms with Crippen LogP contribution in [-0.2, 0) is 27.3 Å². The molecule has 2 aliphatic rings. The molecule has 0 bridgehead atoms. The number of rotatable bonds is 10. The van der Waals surface area contributed by atoms with Gasteiger partial charge in [0, 0.05) is 22.9 Å². The van der Waals surface area contributed by atoms with Crippen molar-refractivity contribution in [2.24, 2.45) is 5.73 Å². The van der Waals surface area contributed by atoms with Crippen molar-refractivity contribution in [2.75, 3.05) is 18.1 Å². The number of thioether (sulfide) groups is 2. The molecule has 4 rings (SSSR count). The summed E-state index contributed by atoms with van der Waals surface area (Å²) in [5.74, 6) is -1.29. The first-order valence-corrected chi connectivity index (χ1v) is 12.9. The van der Waals surface area contributed by atoms with E-state index in [1.54, 1.807) is 0 Å². The second-order valence-electron chi connectivity index (χ2n) is 7.23. The van der Waals surface area contributed by atoms with E-state index in [2.05, 4.69) is 26.2 Å². The van der Waals surface area contributed by atoms with Gasteiger partial charge in [-0.15, -0.1) is 28.2 Å². The third-order valence-corrected chi connectivity index (χ3v) is 8.24. The highest BCUT2D eigenvalue weighted by molar-refractivity contribution is 8.01. The summed E-state index contributed by atoms with van der Waals surface area (Å²) in [5.41, 5.74) is 5.53. The third-order valence-electron chi connectivity index (χ3n) is 4.98. The van der Waals surface area contributed by atoms with Crippen molar-refractivity contribution in [1.82, 2.24) is 35.7 Å². The first kappa shape index (κ1) is 24.0. The molecule has 0 spiro atoms. The number of fused-ring (bicyclic) bond motifs is 1. The zero-order chi connectivity index (χ0) is 24.2. The Morgan fingerprint density at radius 1 is 1.35 bits per heavy atom. The van der Waals surface area contributed by atoms with Crippen molar-refractivity contribution < 1.29 is 24.3 Å². The van der Waals surface area contributed by atoms with Gasteiger partial charge >= 0.3 is 12.0 Å². The summed E-state index contributed by atoms with van der Waals surface area (Å²) < 4.78 is 1.47. The Morgan fingerprint density at radius 2 is 2.18 bits per heavy atom. The number of amides is 4. The quantitative estimate of drug-likeness (QED) is 0.233. The number of primary amides is 1. The predicted molar refractivity (Wildman–Crippen MR) is 124 cm³/mol. The van der Waals surface area contributed by atoms with Crippen LogP contribution < -0.4 is 16.4 Å².